The van der Waals surface area contributed by atoms with E-state index in [0.29, 0.717) is 19.4 Å². The minimum Gasteiger partial charge on any atom is -0.387 e. The van der Waals surface area contributed by atoms with Crippen LogP contribution >= 0.6 is 0 Å². The quantitative estimate of drug-likeness (QED) is 0.872. The molecule has 0 aliphatic carbocycles. The number of benzene rings is 1. The Morgan fingerprint density at radius 1 is 1.44 bits per heavy atom. The molecule has 0 bridgehead atoms. The molecule has 0 fully saturated rings. The van der Waals surface area contributed by atoms with Crippen molar-refractivity contribution in [2.45, 2.75) is 37.9 Å². The molecule has 1 aromatic rings. The summed E-state index contributed by atoms with van der Waals surface area (Å²) >= 11 is 0. The van der Waals surface area contributed by atoms with Crippen LogP contribution in [0.25, 0.3) is 0 Å². The molecule has 100 valence electrons. The van der Waals surface area contributed by atoms with Crippen LogP contribution in [0.4, 0.5) is 0 Å². The smallest absolute Gasteiger partial charge is 0.0905 e. The van der Waals surface area contributed by atoms with Crippen LogP contribution in [0.5, 0.6) is 0 Å². The zero-order valence-electron chi connectivity index (χ0n) is 11.2. The Morgan fingerprint density at radius 2 is 2.22 bits per heavy atom. The van der Waals surface area contributed by atoms with Crippen LogP contribution in [0.1, 0.15) is 37.0 Å². The molecular formula is C15H22O3. The van der Waals surface area contributed by atoms with Gasteiger partial charge in [-0.25, -0.2) is 0 Å². The van der Waals surface area contributed by atoms with Crippen LogP contribution in [0.15, 0.2) is 24.3 Å². The van der Waals surface area contributed by atoms with Gasteiger partial charge in [-0.1, -0.05) is 31.2 Å². The minimum atomic E-state index is -0.802. The first-order chi connectivity index (χ1) is 8.68. The van der Waals surface area contributed by atoms with Gasteiger partial charge in [0.2, 0.25) is 0 Å². The number of ether oxygens (including phenoxy) is 2. The van der Waals surface area contributed by atoms with Crippen molar-refractivity contribution in [1.82, 2.24) is 0 Å². The van der Waals surface area contributed by atoms with Gasteiger partial charge in [-0.3, -0.25) is 0 Å². The number of fused-ring (bicyclic) bond motifs is 1. The van der Waals surface area contributed by atoms with Crippen molar-refractivity contribution in [3.8, 4) is 0 Å². The molecule has 2 rings (SSSR count). The maximum absolute atomic E-state index is 10.5. The van der Waals surface area contributed by atoms with Crippen molar-refractivity contribution in [3.63, 3.8) is 0 Å². The van der Waals surface area contributed by atoms with E-state index in [9.17, 15) is 5.11 Å². The van der Waals surface area contributed by atoms with E-state index in [1.54, 1.807) is 7.11 Å². The SMILES string of the molecule is CCC(O)(COC)CC1OCCc2ccccc21. The van der Waals surface area contributed by atoms with Crippen molar-refractivity contribution in [3.05, 3.63) is 35.4 Å². The Balaban J connectivity index is 2.15. The fourth-order valence-electron chi connectivity index (χ4n) is 2.56. The first-order valence-electron chi connectivity index (χ1n) is 6.59. The molecule has 0 saturated carbocycles. The molecule has 1 aliphatic heterocycles. The summed E-state index contributed by atoms with van der Waals surface area (Å²) in [6, 6.07) is 8.33. The Hall–Kier alpha value is -0.900. The van der Waals surface area contributed by atoms with Gasteiger partial charge < -0.3 is 14.6 Å². The largest absolute Gasteiger partial charge is 0.387 e. The molecule has 1 aliphatic rings. The normalized spacial score (nSPS) is 22.3. The molecule has 1 heterocycles. The van der Waals surface area contributed by atoms with Gasteiger partial charge in [0, 0.05) is 13.5 Å². The lowest BCUT2D eigenvalue weighted by atomic mass is 9.87. The maximum Gasteiger partial charge on any atom is 0.0905 e. The molecule has 3 heteroatoms. The second kappa shape index (κ2) is 5.83. The first-order valence-corrected chi connectivity index (χ1v) is 6.59. The van der Waals surface area contributed by atoms with E-state index in [0.717, 1.165) is 13.0 Å². The van der Waals surface area contributed by atoms with Crippen molar-refractivity contribution in [1.29, 1.82) is 0 Å². The highest BCUT2D eigenvalue weighted by Gasteiger charge is 2.32. The third-order valence-corrected chi connectivity index (χ3v) is 3.73. The summed E-state index contributed by atoms with van der Waals surface area (Å²) in [6.45, 7) is 3.06. The van der Waals surface area contributed by atoms with E-state index < -0.39 is 5.60 Å². The van der Waals surface area contributed by atoms with Crippen molar-refractivity contribution in [2.75, 3.05) is 20.3 Å². The predicted octanol–water partition coefficient (Wildman–Crippen LogP) is 2.48. The number of methoxy groups -OCH3 is 1. The van der Waals surface area contributed by atoms with Crippen LogP contribution in [0.2, 0.25) is 0 Å². The Bertz CT molecular complexity index is 391. The van der Waals surface area contributed by atoms with Gasteiger partial charge >= 0.3 is 0 Å². The molecule has 0 radical (unpaired) electrons. The highest BCUT2D eigenvalue weighted by atomic mass is 16.5. The summed E-state index contributed by atoms with van der Waals surface area (Å²) in [5.74, 6) is 0. The van der Waals surface area contributed by atoms with Gasteiger partial charge in [-0.2, -0.15) is 0 Å². The fraction of sp³-hybridized carbons (Fsp3) is 0.600. The van der Waals surface area contributed by atoms with Gasteiger partial charge in [0.25, 0.3) is 0 Å². The molecule has 2 unspecified atom stereocenters. The van der Waals surface area contributed by atoms with E-state index in [1.807, 2.05) is 13.0 Å². The zero-order valence-corrected chi connectivity index (χ0v) is 11.2. The maximum atomic E-state index is 10.5. The Morgan fingerprint density at radius 3 is 2.94 bits per heavy atom. The summed E-state index contributed by atoms with van der Waals surface area (Å²) in [6.07, 6.45) is 2.20. The fourth-order valence-corrected chi connectivity index (χ4v) is 2.56. The Labute approximate surface area is 109 Å². The zero-order chi connectivity index (χ0) is 13.0. The van der Waals surface area contributed by atoms with Gasteiger partial charge in [0.05, 0.1) is 24.9 Å². The van der Waals surface area contributed by atoms with Gasteiger partial charge in [0.1, 0.15) is 0 Å². The highest BCUT2D eigenvalue weighted by Crippen LogP contribution is 2.34. The average Bonchev–Trinajstić information content (AvgIpc) is 2.39. The number of rotatable bonds is 5. The van der Waals surface area contributed by atoms with Crippen LogP contribution in [-0.4, -0.2) is 31.0 Å². The van der Waals surface area contributed by atoms with Crippen LogP contribution in [0.3, 0.4) is 0 Å². The van der Waals surface area contributed by atoms with Gasteiger partial charge in [-0.05, 0) is 24.0 Å². The molecule has 2 atom stereocenters. The van der Waals surface area contributed by atoms with E-state index >= 15 is 0 Å². The van der Waals surface area contributed by atoms with Crippen molar-refractivity contribution in [2.24, 2.45) is 0 Å². The topological polar surface area (TPSA) is 38.7 Å². The lowest BCUT2D eigenvalue weighted by molar-refractivity contribution is -0.0826. The lowest BCUT2D eigenvalue weighted by Crippen LogP contribution is -2.36. The second-order valence-corrected chi connectivity index (χ2v) is 5.02. The van der Waals surface area contributed by atoms with E-state index in [-0.39, 0.29) is 6.10 Å². The van der Waals surface area contributed by atoms with E-state index in [1.165, 1.54) is 11.1 Å². The summed E-state index contributed by atoms with van der Waals surface area (Å²) in [5.41, 5.74) is 1.75. The van der Waals surface area contributed by atoms with Gasteiger partial charge in [0.15, 0.2) is 0 Å². The summed E-state index contributed by atoms with van der Waals surface area (Å²) in [4.78, 5) is 0. The molecule has 1 N–H and O–H groups in total. The molecular weight excluding hydrogens is 228 g/mol. The van der Waals surface area contributed by atoms with Crippen molar-refractivity contribution >= 4 is 0 Å². The van der Waals surface area contributed by atoms with Crippen LogP contribution in [-0.2, 0) is 15.9 Å². The molecule has 0 aromatic heterocycles. The van der Waals surface area contributed by atoms with Crippen LogP contribution < -0.4 is 0 Å². The Kier molecular flexibility index (Phi) is 4.38. The summed E-state index contributed by atoms with van der Waals surface area (Å²) in [5, 5.41) is 10.5. The molecule has 1 aromatic carbocycles. The van der Waals surface area contributed by atoms with Crippen molar-refractivity contribution < 1.29 is 14.6 Å². The van der Waals surface area contributed by atoms with Gasteiger partial charge in [-0.15, -0.1) is 0 Å². The monoisotopic (exact) mass is 250 g/mol. The lowest BCUT2D eigenvalue weighted by Gasteiger charge is -2.33. The van der Waals surface area contributed by atoms with E-state index in [4.69, 9.17) is 9.47 Å². The highest BCUT2D eigenvalue weighted by molar-refractivity contribution is 5.31. The summed E-state index contributed by atoms with van der Waals surface area (Å²) < 4.78 is 11.0. The van der Waals surface area contributed by atoms with E-state index in [2.05, 4.69) is 18.2 Å². The number of aliphatic hydroxyl groups is 1. The molecule has 0 saturated heterocycles. The standard InChI is InChI=1S/C15H22O3/c1-3-15(16,11-17-2)10-14-13-7-5-4-6-12(13)8-9-18-14/h4-7,14,16H,3,8-11H2,1-2H3. The first kappa shape index (κ1) is 13.5. The number of hydrogen-bond acceptors (Lipinski definition) is 3. The second-order valence-electron chi connectivity index (χ2n) is 5.02. The third kappa shape index (κ3) is 2.91. The third-order valence-electron chi connectivity index (χ3n) is 3.73. The molecule has 3 nitrogen and oxygen atoms in total. The summed E-state index contributed by atoms with van der Waals surface area (Å²) in [7, 11) is 1.62. The molecule has 0 spiro atoms. The molecule has 0 amide bonds. The minimum absolute atomic E-state index is 0.0185. The average molecular weight is 250 g/mol. The van der Waals surface area contributed by atoms with Crippen LogP contribution in [0, 0.1) is 0 Å². The number of hydrogen-bond donors (Lipinski definition) is 1. The molecule has 18 heavy (non-hydrogen) atoms. The predicted molar refractivity (Wildman–Crippen MR) is 70.6 cm³/mol.